The molecule has 82 valence electrons. The van der Waals surface area contributed by atoms with Gasteiger partial charge in [-0.2, -0.15) is 0 Å². The van der Waals surface area contributed by atoms with Crippen molar-refractivity contribution in [2.24, 2.45) is 0 Å². The highest BCUT2D eigenvalue weighted by atomic mass is 79.9. The number of nitro benzene ring substituents is 1. The molecule has 0 aliphatic rings. The lowest BCUT2D eigenvalue weighted by Crippen LogP contribution is -1.91. The average molecular weight is 290 g/mol. The molecule has 3 nitrogen and oxygen atoms in total. The van der Waals surface area contributed by atoms with E-state index in [1.807, 2.05) is 6.07 Å². The first kappa shape index (κ1) is 12.5. The standard InChI is InChI=1S/C10H12BrNO2S/c11-7-3-4-8-15-10-6-2-1-5-9(10)12(13)14/h1-2,5-6H,3-4,7-8H2. The van der Waals surface area contributed by atoms with Gasteiger partial charge in [-0.25, -0.2) is 0 Å². The van der Waals surface area contributed by atoms with Crippen LogP contribution in [0.3, 0.4) is 0 Å². The molecule has 0 heterocycles. The number of nitro groups is 1. The number of thioether (sulfide) groups is 1. The third kappa shape index (κ3) is 4.22. The molecular weight excluding hydrogens is 278 g/mol. The fourth-order valence-electron chi connectivity index (χ4n) is 1.11. The number of para-hydroxylation sites is 1. The summed E-state index contributed by atoms with van der Waals surface area (Å²) >= 11 is 4.91. The zero-order chi connectivity index (χ0) is 11.1. The van der Waals surface area contributed by atoms with Gasteiger partial charge in [-0.3, -0.25) is 10.1 Å². The molecule has 0 aromatic heterocycles. The monoisotopic (exact) mass is 289 g/mol. The first-order valence-electron chi connectivity index (χ1n) is 4.68. The van der Waals surface area contributed by atoms with E-state index in [9.17, 15) is 10.1 Å². The maximum Gasteiger partial charge on any atom is 0.282 e. The van der Waals surface area contributed by atoms with Crippen LogP contribution in [0.4, 0.5) is 5.69 Å². The van der Waals surface area contributed by atoms with E-state index in [1.54, 1.807) is 30.0 Å². The normalized spacial score (nSPS) is 10.2. The summed E-state index contributed by atoms with van der Waals surface area (Å²) in [6.45, 7) is 0. The maximum atomic E-state index is 10.7. The van der Waals surface area contributed by atoms with Crippen LogP contribution in [0.5, 0.6) is 0 Å². The second-order valence-corrected chi connectivity index (χ2v) is 4.90. The Morgan fingerprint density at radius 3 is 2.73 bits per heavy atom. The molecule has 15 heavy (non-hydrogen) atoms. The third-order valence-electron chi connectivity index (χ3n) is 1.85. The number of hydrogen-bond donors (Lipinski definition) is 0. The summed E-state index contributed by atoms with van der Waals surface area (Å²) in [6.07, 6.45) is 2.18. The van der Waals surface area contributed by atoms with E-state index in [0.717, 1.165) is 28.8 Å². The summed E-state index contributed by atoms with van der Waals surface area (Å²) in [7, 11) is 0. The molecule has 0 atom stereocenters. The molecule has 1 aromatic carbocycles. The van der Waals surface area contributed by atoms with E-state index in [2.05, 4.69) is 15.9 Å². The Hall–Kier alpha value is -0.550. The first-order valence-corrected chi connectivity index (χ1v) is 6.78. The van der Waals surface area contributed by atoms with E-state index in [1.165, 1.54) is 0 Å². The molecule has 0 fully saturated rings. The Balaban J connectivity index is 2.56. The minimum Gasteiger partial charge on any atom is -0.258 e. The topological polar surface area (TPSA) is 43.1 Å². The van der Waals surface area contributed by atoms with Gasteiger partial charge in [-0.1, -0.05) is 28.1 Å². The lowest BCUT2D eigenvalue weighted by Gasteiger charge is -2.01. The number of alkyl halides is 1. The van der Waals surface area contributed by atoms with Crippen LogP contribution in [-0.2, 0) is 0 Å². The molecular formula is C10H12BrNO2S. The Morgan fingerprint density at radius 1 is 1.33 bits per heavy atom. The predicted molar refractivity (Wildman–Crippen MR) is 66.8 cm³/mol. The molecule has 0 unspecified atom stereocenters. The highest BCUT2D eigenvalue weighted by Gasteiger charge is 2.11. The van der Waals surface area contributed by atoms with Crippen molar-refractivity contribution in [3.63, 3.8) is 0 Å². The van der Waals surface area contributed by atoms with Crippen molar-refractivity contribution in [3.8, 4) is 0 Å². The highest BCUT2D eigenvalue weighted by Crippen LogP contribution is 2.29. The Kier molecular flexibility index (Phi) is 5.71. The number of halogens is 1. The van der Waals surface area contributed by atoms with E-state index in [4.69, 9.17) is 0 Å². The molecule has 0 aliphatic heterocycles. The summed E-state index contributed by atoms with van der Waals surface area (Å²) in [5.74, 6) is 0.927. The number of benzene rings is 1. The Labute approximate surface area is 102 Å². The van der Waals surface area contributed by atoms with Crippen LogP contribution < -0.4 is 0 Å². The van der Waals surface area contributed by atoms with Crippen molar-refractivity contribution < 1.29 is 4.92 Å². The quantitative estimate of drug-likeness (QED) is 0.263. The number of nitrogens with zero attached hydrogens (tertiary/aromatic N) is 1. The molecule has 0 spiro atoms. The van der Waals surface area contributed by atoms with Crippen molar-refractivity contribution in [3.05, 3.63) is 34.4 Å². The van der Waals surface area contributed by atoms with Gasteiger partial charge in [0.25, 0.3) is 5.69 Å². The second-order valence-electron chi connectivity index (χ2n) is 2.97. The van der Waals surface area contributed by atoms with Crippen LogP contribution in [0, 0.1) is 10.1 Å². The summed E-state index contributed by atoms with van der Waals surface area (Å²) in [6, 6.07) is 6.88. The molecule has 1 rings (SSSR count). The van der Waals surface area contributed by atoms with Crippen molar-refractivity contribution in [2.45, 2.75) is 17.7 Å². The minimum atomic E-state index is -0.327. The van der Waals surface area contributed by atoms with Crippen molar-refractivity contribution >= 4 is 33.4 Å². The molecule has 0 amide bonds. The van der Waals surface area contributed by atoms with Gasteiger partial charge in [0.15, 0.2) is 0 Å². The van der Waals surface area contributed by atoms with E-state index in [0.29, 0.717) is 0 Å². The summed E-state index contributed by atoms with van der Waals surface area (Å²) in [5, 5.41) is 11.7. The fraction of sp³-hybridized carbons (Fsp3) is 0.400. The minimum absolute atomic E-state index is 0.210. The Morgan fingerprint density at radius 2 is 2.07 bits per heavy atom. The van der Waals surface area contributed by atoms with Gasteiger partial charge in [0, 0.05) is 11.4 Å². The molecule has 0 N–H and O–H groups in total. The summed E-state index contributed by atoms with van der Waals surface area (Å²) < 4.78 is 0. The van der Waals surface area contributed by atoms with Crippen LogP contribution in [0.1, 0.15) is 12.8 Å². The van der Waals surface area contributed by atoms with Crippen LogP contribution in [0.25, 0.3) is 0 Å². The van der Waals surface area contributed by atoms with Gasteiger partial charge in [-0.15, -0.1) is 11.8 Å². The SMILES string of the molecule is O=[N+]([O-])c1ccccc1SCCCCBr. The van der Waals surface area contributed by atoms with Gasteiger partial charge in [-0.05, 0) is 24.7 Å². The van der Waals surface area contributed by atoms with Gasteiger partial charge >= 0.3 is 0 Å². The van der Waals surface area contributed by atoms with Crippen LogP contribution >= 0.6 is 27.7 Å². The van der Waals surface area contributed by atoms with Gasteiger partial charge < -0.3 is 0 Å². The molecule has 5 heteroatoms. The highest BCUT2D eigenvalue weighted by molar-refractivity contribution is 9.09. The van der Waals surface area contributed by atoms with Crippen molar-refractivity contribution in [1.29, 1.82) is 0 Å². The Bertz CT molecular complexity index is 333. The smallest absolute Gasteiger partial charge is 0.258 e. The first-order chi connectivity index (χ1) is 7.25. The van der Waals surface area contributed by atoms with Crippen LogP contribution in [-0.4, -0.2) is 16.0 Å². The van der Waals surface area contributed by atoms with E-state index < -0.39 is 0 Å². The van der Waals surface area contributed by atoms with Gasteiger partial charge in [0.05, 0.1) is 9.82 Å². The molecule has 0 saturated heterocycles. The number of rotatable bonds is 6. The molecule has 0 bridgehead atoms. The van der Waals surface area contributed by atoms with E-state index >= 15 is 0 Å². The van der Waals surface area contributed by atoms with Gasteiger partial charge in [0.2, 0.25) is 0 Å². The maximum absolute atomic E-state index is 10.7. The molecule has 0 saturated carbocycles. The van der Waals surface area contributed by atoms with Crippen LogP contribution in [0.2, 0.25) is 0 Å². The fourth-order valence-corrected chi connectivity index (χ4v) is 2.54. The van der Waals surface area contributed by atoms with Gasteiger partial charge in [0.1, 0.15) is 0 Å². The summed E-state index contributed by atoms with van der Waals surface area (Å²) in [5.41, 5.74) is 0.210. The third-order valence-corrected chi connectivity index (χ3v) is 3.56. The molecule has 0 radical (unpaired) electrons. The molecule has 1 aromatic rings. The summed E-state index contributed by atoms with van der Waals surface area (Å²) in [4.78, 5) is 11.1. The zero-order valence-corrected chi connectivity index (χ0v) is 10.6. The van der Waals surface area contributed by atoms with E-state index in [-0.39, 0.29) is 10.6 Å². The average Bonchev–Trinajstić information content (AvgIpc) is 2.25. The largest absolute Gasteiger partial charge is 0.282 e. The van der Waals surface area contributed by atoms with Crippen molar-refractivity contribution in [1.82, 2.24) is 0 Å². The second kappa shape index (κ2) is 6.85. The lowest BCUT2D eigenvalue weighted by molar-refractivity contribution is -0.387. The zero-order valence-electron chi connectivity index (χ0n) is 8.19. The number of unbranched alkanes of at least 4 members (excludes halogenated alkanes) is 1. The number of hydrogen-bond acceptors (Lipinski definition) is 3. The van der Waals surface area contributed by atoms with Crippen molar-refractivity contribution in [2.75, 3.05) is 11.1 Å². The van der Waals surface area contributed by atoms with Crippen LogP contribution in [0.15, 0.2) is 29.2 Å². The molecule has 0 aliphatic carbocycles. The predicted octanol–water partition coefficient (Wildman–Crippen LogP) is 3.86. The lowest BCUT2D eigenvalue weighted by atomic mass is 10.3.